The Morgan fingerprint density at radius 3 is 2.55 bits per heavy atom. The Morgan fingerprint density at radius 2 is 1.95 bits per heavy atom. The molecule has 0 aliphatic heterocycles. The highest BCUT2D eigenvalue weighted by atomic mass is 19.4. The summed E-state index contributed by atoms with van der Waals surface area (Å²) in [6, 6.07) is 8.39. The fourth-order valence-corrected chi connectivity index (χ4v) is 1.74. The molecule has 5 nitrogen and oxygen atoms in total. The van der Waals surface area contributed by atoms with E-state index in [2.05, 4.69) is 15.6 Å². The van der Waals surface area contributed by atoms with Crippen molar-refractivity contribution in [3.8, 4) is 5.69 Å². The lowest BCUT2D eigenvalue weighted by Crippen LogP contribution is -2.29. The molecule has 0 saturated carbocycles. The summed E-state index contributed by atoms with van der Waals surface area (Å²) in [5.41, 5.74) is 3.44. The Kier molecular flexibility index (Phi) is 4.35. The zero-order chi connectivity index (χ0) is 14.6. The molecule has 1 atom stereocenters. The van der Waals surface area contributed by atoms with E-state index in [1.807, 2.05) is 18.2 Å². The highest BCUT2D eigenvalue weighted by Gasteiger charge is 2.29. The van der Waals surface area contributed by atoms with E-state index in [0.29, 0.717) is 5.69 Å². The van der Waals surface area contributed by atoms with Crippen LogP contribution in [0.15, 0.2) is 36.5 Å². The number of nitrogens with zero attached hydrogens (tertiary/aromatic N) is 3. The molecule has 0 aliphatic rings. The summed E-state index contributed by atoms with van der Waals surface area (Å²) in [5, 5.41) is 8.18. The number of para-hydroxylation sites is 1. The molecule has 1 aromatic heterocycles. The Morgan fingerprint density at radius 1 is 1.25 bits per heavy atom. The van der Waals surface area contributed by atoms with Gasteiger partial charge >= 0.3 is 6.18 Å². The molecule has 0 aliphatic carbocycles. The number of nitrogens with one attached hydrogen (secondary N) is 1. The minimum Gasteiger partial charge on any atom is -0.271 e. The first kappa shape index (κ1) is 14.5. The zero-order valence-electron chi connectivity index (χ0n) is 10.5. The van der Waals surface area contributed by atoms with Crippen LogP contribution in [-0.2, 0) is 0 Å². The Labute approximate surface area is 113 Å². The lowest BCUT2D eigenvalue weighted by Gasteiger charge is -2.14. The van der Waals surface area contributed by atoms with Crippen LogP contribution in [-0.4, -0.2) is 21.2 Å². The molecule has 0 spiro atoms. The maximum atomic E-state index is 12.2. The average molecular weight is 285 g/mol. The van der Waals surface area contributed by atoms with Crippen molar-refractivity contribution in [2.45, 2.75) is 25.1 Å². The minimum atomic E-state index is -4.22. The quantitative estimate of drug-likeness (QED) is 0.652. The second-order valence-electron chi connectivity index (χ2n) is 4.27. The van der Waals surface area contributed by atoms with Gasteiger partial charge in [0.2, 0.25) is 0 Å². The Bertz CT molecular complexity index is 538. The highest BCUT2D eigenvalue weighted by Crippen LogP contribution is 2.26. The van der Waals surface area contributed by atoms with Gasteiger partial charge < -0.3 is 0 Å². The number of rotatable bonds is 5. The summed E-state index contributed by atoms with van der Waals surface area (Å²) >= 11 is 0. The molecule has 1 heterocycles. The second kappa shape index (κ2) is 6.02. The van der Waals surface area contributed by atoms with E-state index in [1.165, 1.54) is 11.0 Å². The molecule has 0 fully saturated rings. The van der Waals surface area contributed by atoms with Crippen molar-refractivity contribution in [3.05, 3.63) is 42.2 Å². The summed E-state index contributed by atoms with van der Waals surface area (Å²) < 4.78 is 36.7. The summed E-state index contributed by atoms with van der Waals surface area (Å²) in [5.74, 6) is 5.29. The number of halogens is 3. The van der Waals surface area contributed by atoms with Crippen molar-refractivity contribution < 1.29 is 13.2 Å². The normalized spacial score (nSPS) is 13.4. The van der Waals surface area contributed by atoms with Crippen molar-refractivity contribution in [2.75, 3.05) is 0 Å². The topological polar surface area (TPSA) is 68.8 Å². The van der Waals surface area contributed by atoms with E-state index in [4.69, 9.17) is 5.84 Å². The van der Waals surface area contributed by atoms with E-state index in [9.17, 15) is 13.2 Å². The minimum absolute atomic E-state index is 0.187. The maximum Gasteiger partial charge on any atom is 0.389 e. The van der Waals surface area contributed by atoms with Gasteiger partial charge in [-0.15, -0.1) is 0 Å². The summed E-state index contributed by atoms with van der Waals surface area (Å²) in [4.78, 5) is 1.35. The highest BCUT2D eigenvalue weighted by molar-refractivity contribution is 5.28. The third kappa shape index (κ3) is 3.78. The smallest absolute Gasteiger partial charge is 0.271 e. The molecule has 2 rings (SSSR count). The molecule has 2 aromatic rings. The number of hydrogen-bond donors (Lipinski definition) is 2. The molecule has 108 valence electrons. The van der Waals surface area contributed by atoms with Crippen LogP contribution in [0.5, 0.6) is 0 Å². The van der Waals surface area contributed by atoms with Crippen LogP contribution in [0.1, 0.15) is 24.6 Å². The van der Waals surface area contributed by atoms with Crippen molar-refractivity contribution in [3.63, 3.8) is 0 Å². The molecular weight excluding hydrogens is 271 g/mol. The number of aromatic nitrogens is 3. The number of nitrogens with two attached hydrogens (primary N) is 1. The molecule has 0 amide bonds. The number of alkyl halides is 3. The number of hydrazine groups is 1. The van der Waals surface area contributed by atoms with Gasteiger partial charge in [-0.2, -0.15) is 28.2 Å². The standard InChI is InChI=1S/C12H14F3N5/c13-12(14,15)7-6-10(18-16)11-8-17-20(19-11)9-4-2-1-3-5-9/h1-5,8,10,18H,6-7,16H2. The first-order chi connectivity index (χ1) is 9.49. The lowest BCUT2D eigenvalue weighted by atomic mass is 10.1. The SMILES string of the molecule is NNC(CCC(F)(F)F)c1cnn(-c2ccccc2)n1. The molecule has 0 bridgehead atoms. The van der Waals surface area contributed by atoms with Gasteiger partial charge in [-0.25, -0.2) is 0 Å². The predicted molar refractivity (Wildman–Crippen MR) is 66.7 cm³/mol. The van der Waals surface area contributed by atoms with Gasteiger partial charge in [0.25, 0.3) is 0 Å². The molecule has 3 N–H and O–H groups in total. The summed E-state index contributed by atoms with van der Waals surface area (Å²) in [6.07, 6.45) is -3.92. The summed E-state index contributed by atoms with van der Waals surface area (Å²) in [7, 11) is 0. The van der Waals surface area contributed by atoms with Crippen molar-refractivity contribution in [1.29, 1.82) is 0 Å². The van der Waals surface area contributed by atoms with Crippen LogP contribution >= 0.6 is 0 Å². The van der Waals surface area contributed by atoms with Crippen molar-refractivity contribution >= 4 is 0 Å². The number of benzene rings is 1. The zero-order valence-corrected chi connectivity index (χ0v) is 10.5. The lowest BCUT2D eigenvalue weighted by molar-refractivity contribution is -0.136. The van der Waals surface area contributed by atoms with Crippen LogP contribution in [0.4, 0.5) is 13.2 Å². The number of hydrogen-bond acceptors (Lipinski definition) is 4. The average Bonchev–Trinajstić information content (AvgIpc) is 2.89. The van der Waals surface area contributed by atoms with Gasteiger partial charge in [0.15, 0.2) is 0 Å². The van der Waals surface area contributed by atoms with E-state index >= 15 is 0 Å². The van der Waals surface area contributed by atoms with Crippen LogP contribution < -0.4 is 11.3 Å². The predicted octanol–water partition coefficient (Wildman–Crippen LogP) is 2.11. The van der Waals surface area contributed by atoms with Gasteiger partial charge in [-0.05, 0) is 18.6 Å². The largest absolute Gasteiger partial charge is 0.389 e. The molecule has 0 radical (unpaired) electrons. The van der Waals surface area contributed by atoms with E-state index < -0.39 is 18.6 Å². The van der Waals surface area contributed by atoms with Gasteiger partial charge in [-0.1, -0.05) is 18.2 Å². The van der Waals surface area contributed by atoms with Gasteiger partial charge in [0.1, 0.15) is 5.69 Å². The Hall–Kier alpha value is -1.93. The van der Waals surface area contributed by atoms with Gasteiger partial charge in [-0.3, -0.25) is 11.3 Å². The maximum absolute atomic E-state index is 12.2. The molecule has 0 saturated heterocycles. The third-order valence-electron chi connectivity index (χ3n) is 2.77. The fourth-order valence-electron chi connectivity index (χ4n) is 1.74. The van der Waals surface area contributed by atoms with Crippen molar-refractivity contribution in [2.24, 2.45) is 5.84 Å². The van der Waals surface area contributed by atoms with E-state index in [1.54, 1.807) is 12.1 Å². The van der Waals surface area contributed by atoms with E-state index in [-0.39, 0.29) is 6.42 Å². The van der Waals surface area contributed by atoms with Crippen LogP contribution in [0.2, 0.25) is 0 Å². The third-order valence-corrected chi connectivity index (χ3v) is 2.77. The molecular formula is C12H14F3N5. The fraction of sp³-hybridized carbons (Fsp3) is 0.333. The second-order valence-corrected chi connectivity index (χ2v) is 4.27. The van der Waals surface area contributed by atoms with Crippen LogP contribution in [0.25, 0.3) is 5.69 Å². The molecule has 20 heavy (non-hydrogen) atoms. The molecule has 1 unspecified atom stereocenters. The van der Waals surface area contributed by atoms with Crippen molar-refractivity contribution in [1.82, 2.24) is 20.4 Å². The van der Waals surface area contributed by atoms with Gasteiger partial charge in [0.05, 0.1) is 17.9 Å². The monoisotopic (exact) mass is 285 g/mol. The summed E-state index contributed by atoms with van der Waals surface area (Å²) in [6.45, 7) is 0. The molecule has 8 heteroatoms. The first-order valence-electron chi connectivity index (χ1n) is 6.00. The first-order valence-corrected chi connectivity index (χ1v) is 6.00. The molecule has 1 aromatic carbocycles. The van der Waals surface area contributed by atoms with Gasteiger partial charge in [0, 0.05) is 6.42 Å². The Balaban J connectivity index is 2.10. The van der Waals surface area contributed by atoms with Crippen LogP contribution in [0.3, 0.4) is 0 Å². The van der Waals surface area contributed by atoms with E-state index in [0.717, 1.165) is 5.69 Å². The van der Waals surface area contributed by atoms with Crippen LogP contribution in [0, 0.1) is 0 Å².